The van der Waals surface area contributed by atoms with Gasteiger partial charge in [0.05, 0.1) is 16.4 Å². The summed E-state index contributed by atoms with van der Waals surface area (Å²) < 4.78 is 49.0. The molecule has 0 amide bonds. The summed E-state index contributed by atoms with van der Waals surface area (Å²) in [5.41, 5.74) is 1.55. The first-order valence-corrected chi connectivity index (χ1v) is 9.26. The Hall–Kier alpha value is -0.920. The van der Waals surface area contributed by atoms with Gasteiger partial charge in [-0.1, -0.05) is 12.1 Å². The largest absolute Gasteiger partial charge is 0.243 e. The van der Waals surface area contributed by atoms with Gasteiger partial charge < -0.3 is 0 Å². The summed E-state index contributed by atoms with van der Waals surface area (Å²) in [6.07, 6.45) is 0. The average Bonchev–Trinajstić information content (AvgIpc) is 2.31. The van der Waals surface area contributed by atoms with Crippen molar-refractivity contribution in [3.05, 3.63) is 29.3 Å². The molecule has 0 saturated carbocycles. The molecule has 1 aliphatic heterocycles. The van der Waals surface area contributed by atoms with Crippen LogP contribution in [-0.4, -0.2) is 45.7 Å². The third-order valence-electron chi connectivity index (χ3n) is 3.26. The number of hydrogen-bond acceptors (Lipinski definition) is 4. The zero-order valence-electron chi connectivity index (χ0n) is 11.0. The molecule has 1 aliphatic rings. The number of nitrogens with zero attached hydrogens (tertiary/aromatic N) is 1. The molecule has 0 spiro atoms. The molecule has 1 saturated heterocycles. The first-order valence-electron chi connectivity index (χ1n) is 6.00. The van der Waals surface area contributed by atoms with Crippen LogP contribution in [0.5, 0.6) is 0 Å². The van der Waals surface area contributed by atoms with Crippen LogP contribution in [0.4, 0.5) is 0 Å². The third-order valence-corrected chi connectivity index (χ3v) is 6.91. The van der Waals surface area contributed by atoms with E-state index in [4.69, 9.17) is 0 Å². The first-order chi connectivity index (χ1) is 8.72. The van der Waals surface area contributed by atoms with Crippen LogP contribution in [0.1, 0.15) is 11.1 Å². The molecule has 0 aromatic heterocycles. The molecule has 0 atom stereocenters. The van der Waals surface area contributed by atoms with Gasteiger partial charge in [-0.25, -0.2) is 16.8 Å². The molecular weight excluding hydrogens is 286 g/mol. The Balaban J connectivity index is 2.36. The predicted molar refractivity (Wildman–Crippen MR) is 73.3 cm³/mol. The van der Waals surface area contributed by atoms with Crippen molar-refractivity contribution >= 4 is 19.9 Å². The van der Waals surface area contributed by atoms with E-state index in [9.17, 15) is 16.8 Å². The monoisotopic (exact) mass is 303 g/mol. The Morgan fingerprint density at radius 1 is 1.11 bits per heavy atom. The molecule has 0 radical (unpaired) electrons. The summed E-state index contributed by atoms with van der Waals surface area (Å²) >= 11 is 0. The zero-order chi connectivity index (χ0) is 14.3. The van der Waals surface area contributed by atoms with E-state index < -0.39 is 19.9 Å². The molecular formula is C12H17NO4S2. The lowest BCUT2D eigenvalue weighted by Crippen LogP contribution is -2.43. The third kappa shape index (κ3) is 2.98. The fourth-order valence-electron chi connectivity index (χ4n) is 2.06. The molecule has 1 aromatic rings. The van der Waals surface area contributed by atoms with E-state index in [1.807, 2.05) is 13.0 Å². The summed E-state index contributed by atoms with van der Waals surface area (Å²) in [6.45, 7) is 3.65. The molecule has 19 heavy (non-hydrogen) atoms. The van der Waals surface area contributed by atoms with Gasteiger partial charge in [-0.15, -0.1) is 0 Å². The lowest BCUT2D eigenvalue weighted by Gasteiger charge is -2.26. The molecule has 1 fully saturated rings. The van der Waals surface area contributed by atoms with Crippen LogP contribution in [-0.2, 0) is 19.9 Å². The van der Waals surface area contributed by atoms with E-state index >= 15 is 0 Å². The minimum absolute atomic E-state index is 0.0397. The van der Waals surface area contributed by atoms with Crippen LogP contribution in [0.2, 0.25) is 0 Å². The maximum absolute atomic E-state index is 12.5. The smallest absolute Gasteiger partial charge is 0.229 e. The second-order valence-electron chi connectivity index (χ2n) is 4.82. The van der Waals surface area contributed by atoms with E-state index in [0.29, 0.717) is 5.56 Å². The van der Waals surface area contributed by atoms with Gasteiger partial charge in [0.2, 0.25) is 10.0 Å². The summed E-state index contributed by atoms with van der Waals surface area (Å²) in [5.74, 6) is -0.200. The van der Waals surface area contributed by atoms with Crippen molar-refractivity contribution in [3.63, 3.8) is 0 Å². The standard InChI is InChI=1S/C12H17NO4S2/c1-10-3-4-11(2)12(9-10)19(16,17)13-5-7-18(14,15)8-6-13/h3-4,9H,5-8H2,1-2H3. The van der Waals surface area contributed by atoms with E-state index in [1.165, 1.54) is 4.31 Å². The number of rotatable bonds is 2. The number of sulfonamides is 1. The SMILES string of the molecule is Cc1ccc(C)c(S(=O)(=O)N2CCS(=O)(=O)CC2)c1. The molecule has 0 aliphatic carbocycles. The maximum Gasteiger partial charge on any atom is 0.243 e. The highest BCUT2D eigenvalue weighted by Crippen LogP contribution is 2.22. The Bertz CT molecular complexity index is 678. The molecule has 2 rings (SSSR count). The summed E-state index contributed by atoms with van der Waals surface area (Å²) in [5, 5.41) is 0. The van der Waals surface area contributed by atoms with Gasteiger partial charge in [-0.2, -0.15) is 4.31 Å². The van der Waals surface area contributed by atoms with Crippen LogP contribution < -0.4 is 0 Å². The van der Waals surface area contributed by atoms with Gasteiger partial charge in [0.15, 0.2) is 9.84 Å². The highest BCUT2D eigenvalue weighted by atomic mass is 32.2. The van der Waals surface area contributed by atoms with Gasteiger partial charge in [-0.3, -0.25) is 0 Å². The summed E-state index contributed by atoms with van der Waals surface area (Å²) in [6, 6.07) is 5.26. The van der Waals surface area contributed by atoms with Gasteiger partial charge >= 0.3 is 0 Å². The molecule has 1 heterocycles. The highest BCUT2D eigenvalue weighted by Gasteiger charge is 2.31. The Morgan fingerprint density at radius 2 is 1.68 bits per heavy atom. The molecule has 0 unspecified atom stereocenters. The topological polar surface area (TPSA) is 71.5 Å². The fourth-order valence-corrected chi connectivity index (χ4v) is 5.24. The summed E-state index contributed by atoms with van der Waals surface area (Å²) in [4.78, 5) is 0.270. The van der Waals surface area contributed by atoms with Crippen molar-refractivity contribution in [2.45, 2.75) is 18.7 Å². The highest BCUT2D eigenvalue weighted by molar-refractivity contribution is 7.92. The van der Waals surface area contributed by atoms with Crippen LogP contribution in [0.15, 0.2) is 23.1 Å². The number of aryl methyl sites for hydroxylation is 2. The minimum atomic E-state index is -3.60. The lowest BCUT2D eigenvalue weighted by molar-refractivity contribution is 0.430. The van der Waals surface area contributed by atoms with Crippen LogP contribution in [0.3, 0.4) is 0 Å². The molecule has 7 heteroatoms. The van der Waals surface area contributed by atoms with E-state index in [1.54, 1.807) is 19.1 Å². The Labute approximate surface area is 114 Å². The normalized spacial score (nSPS) is 20.3. The molecule has 0 N–H and O–H groups in total. The Kier molecular flexibility index (Phi) is 3.72. The number of hydrogen-bond donors (Lipinski definition) is 0. The van der Waals surface area contributed by atoms with Crippen molar-refractivity contribution in [3.8, 4) is 0 Å². The minimum Gasteiger partial charge on any atom is -0.229 e. The van der Waals surface area contributed by atoms with Crippen molar-refractivity contribution in [1.29, 1.82) is 0 Å². The average molecular weight is 303 g/mol. The quantitative estimate of drug-likeness (QED) is 0.807. The summed E-state index contributed by atoms with van der Waals surface area (Å²) in [7, 11) is -6.68. The first kappa shape index (κ1) is 14.5. The van der Waals surface area contributed by atoms with Crippen LogP contribution in [0, 0.1) is 13.8 Å². The van der Waals surface area contributed by atoms with Gasteiger partial charge in [0.25, 0.3) is 0 Å². The van der Waals surface area contributed by atoms with E-state index in [0.717, 1.165) is 5.56 Å². The number of sulfone groups is 1. The zero-order valence-corrected chi connectivity index (χ0v) is 12.6. The van der Waals surface area contributed by atoms with Crippen molar-refractivity contribution in [2.24, 2.45) is 0 Å². The van der Waals surface area contributed by atoms with Crippen molar-refractivity contribution in [1.82, 2.24) is 4.31 Å². The molecule has 5 nitrogen and oxygen atoms in total. The fraction of sp³-hybridized carbons (Fsp3) is 0.500. The molecule has 1 aromatic carbocycles. The van der Waals surface area contributed by atoms with Crippen molar-refractivity contribution < 1.29 is 16.8 Å². The second kappa shape index (κ2) is 4.88. The Morgan fingerprint density at radius 3 is 2.26 bits per heavy atom. The molecule has 0 bridgehead atoms. The molecule has 106 valence electrons. The maximum atomic E-state index is 12.5. The van der Waals surface area contributed by atoms with E-state index in [-0.39, 0.29) is 29.5 Å². The van der Waals surface area contributed by atoms with Gasteiger partial charge in [-0.05, 0) is 31.0 Å². The van der Waals surface area contributed by atoms with Crippen LogP contribution >= 0.6 is 0 Å². The second-order valence-corrected chi connectivity index (χ2v) is 9.03. The predicted octanol–water partition coefficient (Wildman–Crippen LogP) is 0.723. The van der Waals surface area contributed by atoms with Crippen LogP contribution in [0.25, 0.3) is 0 Å². The van der Waals surface area contributed by atoms with Gasteiger partial charge in [0.1, 0.15) is 0 Å². The lowest BCUT2D eigenvalue weighted by atomic mass is 10.2. The number of benzene rings is 1. The van der Waals surface area contributed by atoms with E-state index in [2.05, 4.69) is 0 Å². The van der Waals surface area contributed by atoms with Crippen molar-refractivity contribution in [2.75, 3.05) is 24.6 Å². The van der Waals surface area contributed by atoms with Gasteiger partial charge in [0, 0.05) is 13.1 Å².